The van der Waals surface area contributed by atoms with Crippen LogP contribution < -0.4 is 20.1 Å². The maximum absolute atomic E-state index is 13.6. The van der Waals surface area contributed by atoms with E-state index in [1.807, 2.05) is 0 Å². The van der Waals surface area contributed by atoms with E-state index in [2.05, 4.69) is 25.3 Å². The second kappa shape index (κ2) is 11.5. The minimum atomic E-state index is -2.94. The van der Waals surface area contributed by atoms with Gasteiger partial charge in [0.25, 0.3) is 0 Å². The average molecular weight is 496 g/mol. The molecule has 1 aromatic carbocycles. The predicted molar refractivity (Wildman–Crippen MR) is 106 cm³/mol. The predicted octanol–water partition coefficient (Wildman–Crippen LogP) is 3.31. The van der Waals surface area contributed by atoms with Crippen LogP contribution in [0.25, 0.3) is 0 Å². The van der Waals surface area contributed by atoms with Crippen LogP contribution in [0, 0.1) is 5.82 Å². The summed E-state index contributed by atoms with van der Waals surface area (Å²) >= 11 is 0. The van der Waals surface area contributed by atoms with E-state index in [-0.39, 0.29) is 48.5 Å². The summed E-state index contributed by atoms with van der Waals surface area (Å²) in [6, 6.07) is 7.32. The van der Waals surface area contributed by atoms with Gasteiger partial charge in [0.2, 0.25) is 0 Å². The Balaban J connectivity index is 0.00000364. The monoisotopic (exact) mass is 496 g/mol. The number of benzene rings is 1. The molecule has 10 heteroatoms. The zero-order valence-corrected chi connectivity index (χ0v) is 17.0. The van der Waals surface area contributed by atoms with E-state index in [1.54, 1.807) is 6.07 Å². The van der Waals surface area contributed by atoms with E-state index in [0.717, 1.165) is 0 Å². The number of nitrogens with zero attached hydrogens (tertiary/aromatic N) is 2. The molecule has 1 heterocycles. The Hall–Kier alpha value is -2.24. The lowest BCUT2D eigenvalue weighted by Crippen LogP contribution is -2.36. The summed E-state index contributed by atoms with van der Waals surface area (Å²) in [5, 5.41) is 5.85. The van der Waals surface area contributed by atoms with Gasteiger partial charge in [0.15, 0.2) is 5.96 Å². The van der Waals surface area contributed by atoms with Gasteiger partial charge in [0, 0.05) is 25.4 Å². The lowest BCUT2D eigenvalue weighted by molar-refractivity contribution is -0.0504. The van der Waals surface area contributed by atoms with Crippen molar-refractivity contribution < 1.29 is 22.6 Å². The minimum Gasteiger partial charge on any atom is -0.497 e. The molecule has 0 saturated carbocycles. The molecule has 0 atom stereocenters. The second-order valence-electron chi connectivity index (χ2n) is 5.06. The molecule has 0 saturated heterocycles. The number of pyridine rings is 1. The molecular weight excluding hydrogens is 476 g/mol. The van der Waals surface area contributed by atoms with Gasteiger partial charge >= 0.3 is 6.61 Å². The molecule has 148 valence electrons. The molecule has 0 fully saturated rings. The molecule has 27 heavy (non-hydrogen) atoms. The van der Waals surface area contributed by atoms with Crippen LogP contribution in [0.5, 0.6) is 11.5 Å². The van der Waals surface area contributed by atoms with Crippen molar-refractivity contribution in [3.05, 3.63) is 53.6 Å². The topological polar surface area (TPSA) is 67.8 Å². The molecule has 2 N–H and O–H groups in total. The van der Waals surface area contributed by atoms with Crippen molar-refractivity contribution in [2.45, 2.75) is 19.7 Å². The fourth-order valence-corrected chi connectivity index (χ4v) is 2.15. The highest BCUT2D eigenvalue weighted by Crippen LogP contribution is 2.25. The summed E-state index contributed by atoms with van der Waals surface area (Å²) in [4.78, 5) is 7.94. The van der Waals surface area contributed by atoms with Crippen LogP contribution in [-0.2, 0) is 13.1 Å². The summed E-state index contributed by atoms with van der Waals surface area (Å²) in [5.74, 6) is 0.443. The standard InChI is InChI=1S/C17H19F3N4O2.HI/c1-21-17(24-10-14-13(18)4-3-7-22-14)23-9-11-8-12(25-2)5-6-15(11)26-16(19)20;/h3-8,16H,9-10H2,1-2H3,(H2,21,23,24);1H. The summed E-state index contributed by atoms with van der Waals surface area (Å²) in [6.07, 6.45) is 1.49. The lowest BCUT2D eigenvalue weighted by atomic mass is 10.2. The number of alkyl halides is 2. The largest absolute Gasteiger partial charge is 0.497 e. The maximum atomic E-state index is 13.6. The van der Waals surface area contributed by atoms with Crippen molar-refractivity contribution in [3.63, 3.8) is 0 Å². The van der Waals surface area contributed by atoms with Crippen molar-refractivity contribution in [1.29, 1.82) is 0 Å². The Morgan fingerprint density at radius 2 is 1.96 bits per heavy atom. The van der Waals surface area contributed by atoms with Gasteiger partial charge in [0.05, 0.1) is 19.3 Å². The molecule has 2 aromatic rings. The third-order valence-electron chi connectivity index (χ3n) is 3.41. The van der Waals surface area contributed by atoms with E-state index in [1.165, 1.54) is 44.6 Å². The molecule has 0 radical (unpaired) electrons. The highest BCUT2D eigenvalue weighted by Gasteiger charge is 2.12. The first kappa shape index (κ1) is 22.8. The van der Waals surface area contributed by atoms with Gasteiger partial charge in [-0.15, -0.1) is 24.0 Å². The van der Waals surface area contributed by atoms with Crippen LogP contribution in [0.4, 0.5) is 13.2 Å². The molecule has 0 unspecified atom stereocenters. The van der Waals surface area contributed by atoms with Gasteiger partial charge in [-0.2, -0.15) is 8.78 Å². The number of halogens is 4. The number of methoxy groups -OCH3 is 1. The summed E-state index contributed by atoms with van der Waals surface area (Å²) in [5.41, 5.74) is 0.690. The Bertz CT molecular complexity index is 763. The molecule has 0 aliphatic rings. The number of hydrogen-bond acceptors (Lipinski definition) is 4. The fourth-order valence-electron chi connectivity index (χ4n) is 2.15. The molecular formula is C17H20F3IN4O2. The quantitative estimate of drug-likeness (QED) is 0.350. The maximum Gasteiger partial charge on any atom is 0.387 e. The Morgan fingerprint density at radius 3 is 2.59 bits per heavy atom. The highest BCUT2D eigenvalue weighted by molar-refractivity contribution is 14.0. The SMILES string of the molecule is CN=C(NCc1cc(OC)ccc1OC(F)F)NCc1ncccc1F.I. The van der Waals surface area contributed by atoms with E-state index >= 15 is 0 Å². The van der Waals surface area contributed by atoms with E-state index < -0.39 is 12.4 Å². The van der Waals surface area contributed by atoms with E-state index in [4.69, 9.17) is 4.74 Å². The van der Waals surface area contributed by atoms with E-state index in [0.29, 0.717) is 17.3 Å². The average Bonchev–Trinajstić information content (AvgIpc) is 2.63. The molecule has 0 amide bonds. The van der Waals surface area contributed by atoms with Crippen LogP contribution in [-0.4, -0.2) is 31.7 Å². The van der Waals surface area contributed by atoms with Gasteiger partial charge in [-0.05, 0) is 30.3 Å². The van der Waals surface area contributed by atoms with Gasteiger partial charge in [-0.1, -0.05) is 0 Å². The Kier molecular flexibility index (Phi) is 9.68. The summed E-state index contributed by atoms with van der Waals surface area (Å²) in [6.45, 7) is -2.68. The third kappa shape index (κ3) is 7.12. The lowest BCUT2D eigenvalue weighted by Gasteiger charge is -2.15. The van der Waals surface area contributed by atoms with Crippen molar-refractivity contribution in [2.75, 3.05) is 14.2 Å². The Labute approximate surface area is 172 Å². The van der Waals surface area contributed by atoms with Crippen LogP contribution in [0.1, 0.15) is 11.3 Å². The third-order valence-corrected chi connectivity index (χ3v) is 3.41. The highest BCUT2D eigenvalue weighted by atomic mass is 127. The van der Waals surface area contributed by atoms with Crippen LogP contribution in [0.15, 0.2) is 41.5 Å². The number of aliphatic imine (C=N–C) groups is 1. The van der Waals surface area contributed by atoms with Crippen molar-refractivity contribution in [2.24, 2.45) is 4.99 Å². The van der Waals surface area contributed by atoms with Crippen LogP contribution in [0.2, 0.25) is 0 Å². The molecule has 2 rings (SSSR count). The minimum absolute atomic E-state index is 0. The molecule has 1 aromatic heterocycles. The second-order valence-corrected chi connectivity index (χ2v) is 5.06. The van der Waals surface area contributed by atoms with Crippen molar-refractivity contribution in [1.82, 2.24) is 15.6 Å². The number of nitrogens with one attached hydrogen (secondary N) is 2. The number of aromatic nitrogens is 1. The normalized spacial score (nSPS) is 11.0. The zero-order valence-electron chi connectivity index (χ0n) is 14.7. The summed E-state index contributed by atoms with van der Waals surface area (Å²) in [7, 11) is 3.01. The summed E-state index contributed by atoms with van der Waals surface area (Å²) < 4.78 is 48.3. The van der Waals surface area contributed by atoms with Gasteiger partial charge in [-0.3, -0.25) is 9.98 Å². The van der Waals surface area contributed by atoms with Crippen LogP contribution in [0.3, 0.4) is 0 Å². The molecule has 0 spiro atoms. The number of hydrogen-bond donors (Lipinski definition) is 2. The van der Waals surface area contributed by atoms with E-state index in [9.17, 15) is 13.2 Å². The van der Waals surface area contributed by atoms with Gasteiger partial charge in [-0.25, -0.2) is 4.39 Å². The molecule has 0 aliphatic carbocycles. The number of ether oxygens (including phenoxy) is 2. The number of rotatable bonds is 7. The van der Waals surface area contributed by atoms with Crippen molar-refractivity contribution in [3.8, 4) is 11.5 Å². The molecule has 0 aliphatic heterocycles. The molecule has 6 nitrogen and oxygen atoms in total. The smallest absolute Gasteiger partial charge is 0.387 e. The zero-order chi connectivity index (χ0) is 18.9. The first-order chi connectivity index (χ1) is 12.5. The van der Waals surface area contributed by atoms with Crippen molar-refractivity contribution >= 4 is 29.9 Å². The van der Waals surface area contributed by atoms with Gasteiger partial charge < -0.3 is 20.1 Å². The fraction of sp³-hybridized carbons (Fsp3) is 0.294. The van der Waals surface area contributed by atoms with Crippen LogP contribution >= 0.6 is 24.0 Å². The Morgan fingerprint density at radius 1 is 1.22 bits per heavy atom. The number of guanidine groups is 1. The molecule has 0 bridgehead atoms. The first-order valence-corrected chi connectivity index (χ1v) is 7.69. The van der Waals surface area contributed by atoms with Gasteiger partial charge in [0.1, 0.15) is 17.3 Å². The first-order valence-electron chi connectivity index (χ1n) is 7.69.